The third-order valence-corrected chi connectivity index (χ3v) is 5.16. The zero-order valence-corrected chi connectivity index (χ0v) is 17.6. The van der Waals surface area contributed by atoms with Gasteiger partial charge in [0.1, 0.15) is 0 Å². The molecular formula is C20H22F4N4O5. The van der Waals surface area contributed by atoms with E-state index in [0.717, 1.165) is 25.9 Å². The van der Waals surface area contributed by atoms with E-state index in [2.05, 4.69) is 15.5 Å². The molecule has 2 aliphatic rings. The molecule has 0 saturated carbocycles. The molecule has 13 heteroatoms. The van der Waals surface area contributed by atoms with E-state index in [-0.39, 0.29) is 23.6 Å². The first-order valence-electron chi connectivity index (χ1n) is 10.1. The molecular weight excluding hydrogens is 452 g/mol. The molecule has 0 bridgehead atoms. The molecule has 1 atom stereocenters. The molecule has 0 aliphatic carbocycles. The van der Waals surface area contributed by atoms with Gasteiger partial charge in [-0.25, -0.2) is 9.18 Å². The number of aliphatic carboxylic acids is 1. The van der Waals surface area contributed by atoms with Crippen molar-refractivity contribution >= 4 is 11.9 Å². The summed E-state index contributed by atoms with van der Waals surface area (Å²) in [5.74, 6) is -2.63. The van der Waals surface area contributed by atoms with Gasteiger partial charge in [-0.3, -0.25) is 4.79 Å². The lowest BCUT2D eigenvalue weighted by atomic mass is 10.1. The highest BCUT2D eigenvalue weighted by Gasteiger charge is 2.39. The fraction of sp³-hybridized carbons (Fsp3) is 0.500. The number of aryl methyl sites for hydroxylation is 1. The maximum atomic E-state index is 14.4. The van der Waals surface area contributed by atoms with Crippen LogP contribution in [0.5, 0.6) is 5.75 Å². The van der Waals surface area contributed by atoms with Gasteiger partial charge >= 0.3 is 12.1 Å². The number of amides is 1. The molecule has 0 unspecified atom stereocenters. The fourth-order valence-electron chi connectivity index (χ4n) is 3.56. The summed E-state index contributed by atoms with van der Waals surface area (Å²) < 4.78 is 57.2. The highest BCUT2D eigenvalue weighted by molar-refractivity contribution is 5.83. The molecule has 1 aromatic heterocycles. The number of carbonyl (C=O) groups is 2. The topological polar surface area (TPSA) is 118 Å². The Morgan fingerprint density at radius 2 is 1.91 bits per heavy atom. The number of aromatic nitrogens is 2. The number of alkyl halides is 3. The Balaban J connectivity index is 0.000000383. The van der Waals surface area contributed by atoms with Gasteiger partial charge in [-0.15, -0.1) is 10.2 Å². The van der Waals surface area contributed by atoms with Crippen molar-refractivity contribution in [2.75, 3.05) is 19.6 Å². The standard InChI is InChI=1S/C18H21FN4O3.C2HF3O2/c1-11-21-22-17(25-11)12-2-3-15(14(19)10-12)26-16-6-9-23(18(16)24)13-4-7-20-8-5-13;3-2(4,5)1(6)7/h2-3,10,13,16,20H,4-9H2,1H3;(H,6,7)/t16-;/m0./s1. The molecule has 2 saturated heterocycles. The Morgan fingerprint density at radius 1 is 1.24 bits per heavy atom. The summed E-state index contributed by atoms with van der Waals surface area (Å²) in [7, 11) is 0. The molecule has 2 aliphatic heterocycles. The van der Waals surface area contributed by atoms with E-state index in [1.165, 1.54) is 12.1 Å². The molecule has 1 aromatic carbocycles. The van der Waals surface area contributed by atoms with Crippen molar-refractivity contribution in [2.24, 2.45) is 0 Å². The summed E-state index contributed by atoms with van der Waals surface area (Å²) in [4.78, 5) is 23.4. The van der Waals surface area contributed by atoms with Gasteiger partial charge in [0, 0.05) is 31.5 Å². The Labute approximate surface area is 185 Å². The Hall–Kier alpha value is -3.22. The van der Waals surface area contributed by atoms with Crippen LogP contribution in [0.25, 0.3) is 11.5 Å². The second-order valence-corrected chi connectivity index (χ2v) is 7.48. The van der Waals surface area contributed by atoms with Gasteiger partial charge in [0.05, 0.1) is 0 Å². The van der Waals surface area contributed by atoms with Crippen LogP contribution in [-0.4, -0.2) is 70.0 Å². The minimum absolute atomic E-state index is 0.0482. The highest BCUT2D eigenvalue weighted by atomic mass is 19.4. The van der Waals surface area contributed by atoms with Crippen LogP contribution in [0.4, 0.5) is 17.6 Å². The van der Waals surface area contributed by atoms with Crippen molar-refractivity contribution in [3.8, 4) is 17.2 Å². The number of hydrogen-bond donors (Lipinski definition) is 2. The van der Waals surface area contributed by atoms with Gasteiger partial charge in [-0.2, -0.15) is 13.2 Å². The lowest BCUT2D eigenvalue weighted by molar-refractivity contribution is -0.192. The molecule has 180 valence electrons. The average molecular weight is 474 g/mol. The smallest absolute Gasteiger partial charge is 0.477 e. The number of likely N-dealkylation sites (tertiary alicyclic amines) is 1. The molecule has 1 amide bonds. The minimum atomic E-state index is -5.08. The molecule has 2 fully saturated rings. The fourth-order valence-corrected chi connectivity index (χ4v) is 3.56. The van der Waals surface area contributed by atoms with Gasteiger partial charge in [0.15, 0.2) is 17.7 Å². The molecule has 9 nitrogen and oxygen atoms in total. The molecule has 2 N–H and O–H groups in total. The van der Waals surface area contributed by atoms with Gasteiger partial charge in [0.2, 0.25) is 11.8 Å². The Bertz CT molecular complexity index is 991. The van der Waals surface area contributed by atoms with E-state index < -0.39 is 24.1 Å². The highest BCUT2D eigenvalue weighted by Crippen LogP contribution is 2.28. The summed E-state index contributed by atoms with van der Waals surface area (Å²) >= 11 is 0. The first kappa shape index (κ1) is 24.4. The zero-order chi connectivity index (χ0) is 24.2. The summed E-state index contributed by atoms with van der Waals surface area (Å²) in [6.07, 6.45) is -3.24. The molecule has 0 spiro atoms. The Morgan fingerprint density at radius 3 is 2.45 bits per heavy atom. The van der Waals surface area contributed by atoms with Crippen LogP contribution in [0.1, 0.15) is 25.2 Å². The summed E-state index contributed by atoms with van der Waals surface area (Å²) in [5, 5.41) is 18.0. The van der Waals surface area contributed by atoms with Crippen LogP contribution >= 0.6 is 0 Å². The number of carboxylic acids is 1. The van der Waals surface area contributed by atoms with E-state index in [0.29, 0.717) is 24.4 Å². The third kappa shape index (κ3) is 6.18. The first-order valence-corrected chi connectivity index (χ1v) is 10.1. The SMILES string of the molecule is Cc1nnc(-c2ccc(O[C@H]3CCN(C4CCNCC4)C3=O)c(F)c2)o1.O=C(O)C(F)(F)F. The van der Waals surface area contributed by atoms with Crippen LogP contribution in [0.2, 0.25) is 0 Å². The van der Waals surface area contributed by atoms with Crippen molar-refractivity contribution in [3.63, 3.8) is 0 Å². The zero-order valence-electron chi connectivity index (χ0n) is 17.6. The second-order valence-electron chi connectivity index (χ2n) is 7.48. The average Bonchev–Trinajstić information content (AvgIpc) is 3.36. The molecule has 4 rings (SSSR count). The van der Waals surface area contributed by atoms with E-state index in [4.69, 9.17) is 19.1 Å². The lowest BCUT2D eigenvalue weighted by Crippen LogP contribution is -2.45. The van der Waals surface area contributed by atoms with Crippen LogP contribution < -0.4 is 10.1 Å². The van der Waals surface area contributed by atoms with Crippen molar-refractivity contribution in [2.45, 2.75) is 44.5 Å². The van der Waals surface area contributed by atoms with Crippen LogP contribution in [0, 0.1) is 12.7 Å². The molecule has 33 heavy (non-hydrogen) atoms. The number of benzene rings is 1. The predicted molar refractivity (Wildman–Crippen MR) is 105 cm³/mol. The lowest BCUT2D eigenvalue weighted by Gasteiger charge is -2.31. The van der Waals surface area contributed by atoms with Crippen molar-refractivity contribution in [1.82, 2.24) is 20.4 Å². The predicted octanol–water partition coefficient (Wildman–Crippen LogP) is 2.55. The van der Waals surface area contributed by atoms with Crippen molar-refractivity contribution < 1.29 is 41.4 Å². The quantitative estimate of drug-likeness (QED) is 0.650. The number of carbonyl (C=O) groups excluding carboxylic acids is 1. The summed E-state index contributed by atoms with van der Waals surface area (Å²) in [5.41, 5.74) is 0.476. The molecule has 3 heterocycles. The van der Waals surface area contributed by atoms with Crippen LogP contribution in [0.3, 0.4) is 0 Å². The number of halogens is 4. The third-order valence-electron chi connectivity index (χ3n) is 5.16. The van der Waals surface area contributed by atoms with Gasteiger partial charge in [-0.1, -0.05) is 0 Å². The number of ether oxygens (including phenoxy) is 1. The molecule has 2 aromatic rings. The minimum Gasteiger partial charge on any atom is -0.477 e. The maximum absolute atomic E-state index is 14.4. The largest absolute Gasteiger partial charge is 0.490 e. The Kier molecular flexibility index (Phi) is 7.51. The summed E-state index contributed by atoms with van der Waals surface area (Å²) in [6, 6.07) is 4.69. The number of nitrogens with one attached hydrogen (secondary N) is 1. The summed E-state index contributed by atoms with van der Waals surface area (Å²) in [6.45, 7) is 4.18. The monoisotopic (exact) mass is 474 g/mol. The number of carboxylic acid groups (broad SMARTS) is 1. The van der Waals surface area contributed by atoms with E-state index in [1.807, 2.05) is 4.90 Å². The van der Waals surface area contributed by atoms with Gasteiger partial charge < -0.3 is 24.5 Å². The van der Waals surface area contributed by atoms with E-state index in [1.54, 1.807) is 13.0 Å². The number of piperidine rings is 1. The van der Waals surface area contributed by atoms with Crippen molar-refractivity contribution in [1.29, 1.82) is 0 Å². The molecule has 0 radical (unpaired) electrons. The number of hydrogen-bond acceptors (Lipinski definition) is 7. The maximum Gasteiger partial charge on any atom is 0.490 e. The van der Waals surface area contributed by atoms with Gasteiger partial charge in [-0.05, 0) is 44.1 Å². The normalized spacial score (nSPS) is 19.2. The second kappa shape index (κ2) is 10.1. The van der Waals surface area contributed by atoms with Crippen LogP contribution in [0.15, 0.2) is 22.6 Å². The number of rotatable bonds is 4. The first-order chi connectivity index (χ1) is 15.6. The van der Waals surface area contributed by atoms with E-state index >= 15 is 0 Å². The van der Waals surface area contributed by atoms with E-state index in [9.17, 15) is 22.4 Å². The van der Waals surface area contributed by atoms with Crippen LogP contribution in [-0.2, 0) is 9.59 Å². The van der Waals surface area contributed by atoms with Crippen molar-refractivity contribution in [3.05, 3.63) is 29.9 Å². The van der Waals surface area contributed by atoms with Gasteiger partial charge in [0.25, 0.3) is 5.91 Å². The number of nitrogens with zero attached hydrogens (tertiary/aromatic N) is 3.